The monoisotopic (exact) mass is 329 g/mol. The second-order valence-corrected chi connectivity index (χ2v) is 6.17. The van der Waals surface area contributed by atoms with E-state index in [4.69, 9.17) is 4.52 Å². The van der Waals surface area contributed by atoms with E-state index in [1.54, 1.807) is 11.3 Å². The standard InChI is InChI=1S/C17H19N3O2S/c21-11-10-20(9-8-14-5-2-1-3-6-14)13-16-18-17(19-22-16)15-7-4-12-23-15/h1-7,12,21H,8-11,13H2. The Hall–Kier alpha value is -2.02. The maximum atomic E-state index is 9.26. The molecule has 0 aliphatic heterocycles. The van der Waals surface area contributed by atoms with Crippen LogP contribution in [0, 0.1) is 0 Å². The fourth-order valence-electron chi connectivity index (χ4n) is 2.36. The van der Waals surface area contributed by atoms with Crippen LogP contribution in [0.2, 0.25) is 0 Å². The maximum absolute atomic E-state index is 9.26. The zero-order valence-corrected chi connectivity index (χ0v) is 13.6. The van der Waals surface area contributed by atoms with Gasteiger partial charge in [0.1, 0.15) is 0 Å². The zero-order chi connectivity index (χ0) is 15.9. The first-order valence-corrected chi connectivity index (χ1v) is 8.47. The molecule has 1 aromatic carbocycles. The highest BCUT2D eigenvalue weighted by Crippen LogP contribution is 2.21. The van der Waals surface area contributed by atoms with Crippen LogP contribution in [-0.2, 0) is 13.0 Å². The summed E-state index contributed by atoms with van der Waals surface area (Å²) in [6.07, 6.45) is 0.923. The molecule has 2 heterocycles. The maximum Gasteiger partial charge on any atom is 0.241 e. The van der Waals surface area contributed by atoms with E-state index in [1.165, 1.54) is 5.56 Å². The molecule has 0 amide bonds. The number of hydrogen-bond donors (Lipinski definition) is 1. The Bertz CT molecular complexity index is 698. The number of benzene rings is 1. The minimum Gasteiger partial charge on any atom is -0.395 e. The third-order valence-electron chi connectivity index (χ3n) is 3.54. The first kappa shape index (κ1) is 15.9. The van der Waals surface area contributed by atoms with E-state index in [0.29, 0.717) is 24.8 Å². The molecule has 1 N–H and O–H groups in total. The molecule has 0 fully saturated rings. The van der Waals surface area contributed by atoms with E-state index >= 15 is 0 Å². The van der Waals surface area contributed by atoms with Gasteiger partial charge in [-0.25, -0.2) is 0 Å². The van der Waals surface area contributed by atoms with Crippen molar-refractivity contribution in [3.8, 4) is 10.7 Å². The predicted molar refractivity (Wildman–Crippen MR) is 90.1 cm³/mol. The van der Waals surface area contributed by atoms with Gasteiger partial charge in [0, 0.05) is 13.1 Å². The molecule has 3 aromatic rings. The summed E-state index contributed by atoms with van der Waals surface area (Å²) in [5.74, 6) is 1.21. The third-order valence-corrected chi connectivity index (χ3v) is 4.41. The molecule has 0 atom stereocenters. The molecule has 0 saturated carbocycles. The van der Waals surface area contributed by atoms with E-state index in [1.807, 2.05) is 35.7 Å². The Balaban J connectivity index is 1.60. The molecule has 2 aromatic heterocycles. The van der Waals surface area contributed by atoms with Crippen LogP contribution in [0.3, 0.4) is 0 Å². The van der Waals surface area contributed by atoms with Crippen molar-refractivity contribution in [2.45, 2.75) is 13.0 Å². The highest BCUT2D eigenvalue weighted by Gasteiger charge is 2.13. The van der Waals surface area contributed by atoms with E-state index in [9.17, 15) is 5.11 Å². The van der Waals surface area contributed by atoms with Crippen molar-refractivity contribution in [1.29, 1.82) is 0 Å². The van der Waals surface area contributed by atoms with Crippen LogP contribution in [0.5, 0.6) is 0 Å². The van der Waals surface area contributed by atoms with E-state index < -0.39 is 0 Å². The van der Waals surface area contributed by atoms with Gasteiger partial charge in [-0.05, 0) is 23.4 Å². The molecule has 120 valence electrons. The van der Waals surface area contributed by atoms with Gasteiger partial charge in [0.2, 0.25) is 11.7 Å². The summed E-state index contributed by atoms with van der Waals surface area (Å²) in [5.41, 5.74) is 1.28. The van der Waals surface area contributed by atoms with E-state index in [2.05, 4.69) is 27.2 Å². The summed E-state index contributed by atoms with van der Waals surface area (Å²) in [7, 11) is 0. The van der Waals surface area contributed by atoms with Crippen molar-refractivity contribution >= 4 is 11.3 Å². The number of hydrogen-bond acceptors (Lipinski definition) is 6. The Kier molecular flexibility index (Phi) is 5.52. The molecule has 0 unspecified atom stereocenters. The first-order valence-electron chi connectivity index (χ1n) is 7.59. The highest BCUT2D eigenvalue weighted by molar-refractivity contribution is 7.13. The quantitative estimate of drug-likeness (QED) is 0.688. The molecule has 23 heavy (non-hydrogen) atoms. The fraction of sp³-hybridized carbons (Fsp3) is 0.294. The molecule has 0 bridgehead atoms. The van der Waals surface area contributed by atoms with Crippen LogP contribution in [0.1, 0.15) is 11.5 Å². The predicted octanol–water partition coefficient (Wildman–Crippen LogP) is 2.84. The van der Waals surface area contributed by atoms with Gasteiger partial charge >= 0.3 is 0 Å². The van der Waals surface area contributed by atoms with Gasteiger partial charge in [-0.15, -0.1) is 11.3 Å². The van der Waals surface area contributed by atoms with Crippen molar-refractivity contribution in [3.63, 3.8) is 0 Å². The number of thiophene rings is 1. The van der Waals surface area contributed by atoms with Gasteiger partial charge in [0.25, 0.3) is 0 Å². The van der Waals surface area contributed by atoms with Gasteiger partial charge in [-0.3, -0.25) is 4.90 Å². The summed E-state index contributed by atoms with van der Waals surface area (Å²) in [6, 6.07) is 14.2. The summed E-state index contributed by atoms with van der Waals surface area (Å²) >= 11 is 1.59. The Morgan fingerprint density at radius 3 is 2.70 bits per heavy atom. The number of aliphatic hydroxyl groups is 1. The lowest BCUT2D eigenvalue weighted by Gasteiger charge is -2.19. The third kappa shape index (κ3) is 4.48. The Morgan fingerprint density at radius 2 is 1.96 bits per heavy atom. The lowest BCUT2D eigenvalue weighted by Crippen LogP contribution is -2.28. The molecular formula is C17H19N3O2S. The topological polar surface area (TPSA) is 62.4 Å². The molecule has 3 rings (SSSR count). The summed E-state index contributed by atoms with van der Waals surface area (Å²) in [4.78, 5) is 7.56. The van der Waals surface area contributed by atoms with Crippen molar-refractivity contribution in [3.05, 3.63) is 59.3 Å². The molecule has 0 radical (unpaired) electrons. The van der Waals surface area contributed by atoms with Gasteiger partial charge in [0.15, 0.2) is 0 Å². The van der Waals surface area contributed by atoms with Crippen molar-refractivity contribution in [2.24, 2.45) is 0 Å². The van der Waals surface area contributed by atoms with E-state index in [0.717, 1.165) is 17.8 Å². The number of aliphatic hydroxyl groups excluding tert-OH is 1. The van der Waals surface area contributed by atoms with E-state index in [-0.39, 0.29) is 6.61 Å². The second kappa shape index (κ2) is 8.01. The summed E-state index contributed by atoms with van der Waals surface area (Å²) in [6.45, 7) is 2.08. The number of nitrogens with zero attached hydrogens (tertiary/aromatic N) is 3. The Morgan fingerprint density at radius 1 is 1.09 bits per heavy atom. The summed E-state index contributed by atoms with van der Waals surface area (Å²) in [5, 5.41) is 15.3. The van der Waals surface area contributed by atoms with Crippen LogP contribution < -0.4 is 0 Å². The smallest absolute Gasteiger partial charge is 0.241 e. The van der Waals surface area contributed by atoms with Gasteiger partial charge < -0.3 is 9.63 Å². The second-order valence-electron chi connectivity index (χ2n) is 5.22. The van der Waals surface area contributed by atoms with Gasteiger partial charge in [-0.1, -0.05) is 41.6 Å². The Labute approximate surface area is 139 Å². The largest absolute Gasteiger partial charge is 0.395 e. The normalized spacial score (nSPS) is 11.2. The van der Waals surface area contributed by atoms with Crippen LogP contribution >= 0.6 is 11.3 Å². The van der Waals surface area contributed by atoms with Crippen LogP contribution in [0.15, 0.2) is 52.4 Å². The number of rotatable bonds is 8. The molecule has 0 saturated heterocycles. The molecule has 0 aliphatic carbocycles. The average Bonchev–Trinajstić information content (AvgIpc) is 3.25. The highest BCUT2D eigenvalue weighted by atomic mass is 32.1. The molecular weight excluding hydrogens is 310 g/mol. The van der Waals surface area contributed by atoms with Crippen molar-refractivity contribution in [2.75, 3.05) is 19.7 Å². The van der Waals surface area contributed by atoms with Crippen LogP contribution in [0.25, 0.3) is 10.7 Å². The fourth-order valence-corrected chi connectivity index (χ4v) is 3.01. The van der Waals surface area contributed by atoms with Crippen molar-refractivity contribution in [1.82, 2.24) is 15.0 Å². The number of aromatic nitrogens is 2. The van der Waals surface area contributed by atoms with Gasteiger partial charge in [-0.2, -0.15) is 4.98 Å². The minimum absolute atomic E-state index is 0.112. The lowest BCUT2D eigenvalue weighted by molar-refractivity contribution is 0.175. The molecule has 0 spiro atoms. The molecule has 0 aliphatic rings. The average molecular weight is 329 g/mol. The van der Waals surface area contributed by atoms with Gasteiger partial charge in [0.05, 0.1) is 18.0 Å². The minimum atomic E-state index is 0.112. The zero-order valence-electron chi connectivity index (χ0n) is 12.8. The SMILES string of the molecule is OCCN(CCc1ccccc1)Cc1nc(-c2cccs2)no1. The van der Waals surface area contributed by atoms with Crippen LogP contribution in [-0.4, -0.2) is 39.8 Å². The first-order chi connectivity index (χ1) is 11.3. The van der Waals surface area contributed by atoms with Crippen LogP contribution in [0.4, 0.5) is 0 Å². The molecule has 5 nitrogen and oxygen atoms in total. The lowest BCUT2D eigenvalue weighted by atomic mass is 10.1. The summed E-state index contributed by atoms with van der Waals surface area (Å²) < 4.78 is 5.34. The van der Waals surface area contributed by atoms with Crippen molar-refractivity contribution < 1.29 is 9.63 Å². The molecule has 6 heteroatoms.